The van der Waals surface area contributed by atoms with Crippen LogP contribution in [0.1, 0.15) is 70.3 Å². The Labute approximate surface area is 163 Å². The van der Waals surface area contributed by atoms with Gasteiger partial charge in [0.2, 0.25) is 11.8 Å². The van der Waals surface area contributed by atoms with Gasteiger partial charge in [-0.3, -0.25) is 9.59 Å². The second-order valence-corrected chi connectivity index (χ2v) is 7.47. The van der Waals surface area contributed by atoms with Crippen molar-refractivity contribution in [3.63, 3.8) is 0 Å². The van der Waals surface area contributed by atoms with Gasteiger partial charge in [0.25, 0.3) is 0 Å². The van der Waals surface area contributed by atoms with Gasteiger partial charge in [0, 0.05) is 32.4 Å². The largest absolute Gasteiger partial charge is 0.385 e. The van der Waals surface area contributed by atoms with Crippen LogP contribution in [0.4, 0.5) is 5.69 Å². The second-order valence-electron chi connectivity index (χ2n) is 7.47. The smallest absolute Gasteiger partial charge is 0.230 e. The number of ether oxygens (including phenoxy) is 1. The molecule has 2 amide bonds. The summed E-state index contributed by atoms with van der Waals surface area (Å²) >= 11 is 0. The zero-order valence-electron chi connectivity index (χ0n) is 16.8. The van der Waals surface area contributed by atoms with Crippen molar-refractivity contribution in [2.75, 3.05) is 25.6 Å². The van der Waals surface area contributed by atoms with Crippen LogP contribution >= 0.6 is 0 Å². The Kier molecular flexibility index (Phi) is 8.79. The van der Waals surface area contributed by atoms with E-state index in [4.69, 9.17) is 4.74 Å². The topological polar surface area (TPSA) is 67.4 Å². The lowest BCUT2D eigenvalue weighted by atomic mass is 9.68. The molecule has 1 saturated carbocycles. The Bertz CT molecular complexity index is 592. The molecule has 1 aliphatic rings. The molecule has 1 aromatic rings. The van der Waals surface area contributed by atoms with Crippen molar-refractivity contribution in [3.8, 4) is 0 Å². The quantitative estimate of drug-likeness (QED) is 0.604. The van der Waals surface area contributed by atoms with Gasteiger partial charge in [0.15, 0.2) is 0 Å². The fourth-order valence-electron chi connectivity index (χ4n) is 3.82. The molecule has 1 aliphatic carbocycles. The average Bonchev–Trinajstić information content (AvgIpc) is 2.70. The van der Waals surface area contributed by atoms with Crippen LogP contribution in [0.15, 0.2) is 24.3 Å². The summed E-state index contributed by atoms with van der Waals surface area (Å²) in [6, 6.07) is 7.87. The third kappa shape index (κ3) is 6.06. The molecule has 0 atom stereocenters. The average molecular weight is 375 g/mol. The maximum Gasteiger partial charge on any atom is 0.230 e. The number of carbonyl (C=O) groups excluding carboxylic acids is 2. The van der Waals surface area contributed by atoms with E-state index in [1.807, 2.05) is 24.3 Å². The van der Waals surface area contributed by atoms with Gasteiger partial charge in [-0.15, -0.1) is 0 Å². The lowest BCUT2D eigenvalue weighted by Gasteiger charge is -2.36. The molecule has 2 N–H and O–H groups in total. The van der Waals surface area contributed by atoms with E-state index in [1.54, 1.807) is 7.11 Å². The number of hydrogen-bond donors (Lipinski definition) is 2. The molecule has 150 valence electrons. The molecule has 0 radical (unpaired) electrons. The van der Waals surface area contributed by atoms with Crippen molar-refractivity contribution in [2.24, 2.45) is 0 Å². The molecule has 0 saturated heterocycles. The van der Waals surface area contributed by atoms with Gasteiger partial charge in [-0.2, -0.15) is 0 Å². The van der Waals surface area contributed by atoms with Gasteiger partial charge in [-0.1, -0.05) is 44.7 Å². The molecule has 0 aliphatic heterocycles. The molecule has 1 aromatic carbocycles. The van der Waals surface area contributed by atoms with Gasteiger partial charge >= 0.3 is 0 Å². The summed E-state index contributed by atoms with van der Waals surface area (Å²) in [6.45, 7) is 3.37. The maximum atomic E-state index is 13.0. The van der Waals surface area contributed by atoms with Crippen molar-refractivity contribution in [1.29, 1.82) is 0 Å². The number of rotatable bonds is 10. The number of benzene rings is 1. The van der Waals surface area contributed by atoms with Gasteiger partial charge in [-0.25, -0.2) is 0 Å². The van der Waals surface area contributed by atoms with Crippen molar-refractivity contribution >= 4 is 17.5 Å². The zero-order chi connectivity index (χ0) is 19.5. The van der Waals surface area contributed by atoms with E-state index in [0.717, 1.165) is 56.2 Å². The van der Waals surface area contributed by atoms with E-state index in [0.29, 0.717) is 19.6 Å². The molecular weight excluding hydrogens is 340 g/mol. The Hall–Kier alpha value is -1.88. The summed E-state index contributed by atoms with van der Waals surface area (Å²) in [4.78, 5) is 25.0. The van der Waals surface area contributed by atoms with Crippen LogP contribution in [0.25, 0.3) is 0 Å². The number of amides is 2. The summed E-state index contributed by atoms with van der Waals surface area (Å²) in [5.74, 6) is 0.172. The Morgan fingerprint density at radius 2 is 1.78 bits per heavy atom. The monoisotopic (exact) mass is 374 g/mol. The highest BCUT2D eigenvalue weighted by atomic mass is 16.5. The predicted molar refractivity (Wildman–Crippen MR) is 109 cm³/mol. The molecule has 2 rings (SSSR count). The van der Waals surface area contributed by atoms with E-state index in [9.17, 15) is 9.59 Å². The Morgan fingerprint density at radius 3 is 2.41 bits per heavy atom. The van der Waals surface area contributed by atoms with E-state index in [2.05, 4.69) is 17.6 Å². The molecule has 0 aromatic heterocycles. The van der Waals surface area contributed by atoms with Gasteiger partial charge in [-0.05, 0) is 43.4 Å². The predicted octanol–water partition coefficient (Wildman–Crippen LogP) is 4.17. The third-order valence-electron chi connectivity index (χ3n) is 5.43. The first-order valence-corrected chi connectivity index (χ1v) is 10.3. The van der Waals surface area contributed by atoms with E-state index < -0.39 is 5.41 Å². The lowest BCUT2D eigenvalue weighted by Crippen LogP contribution is -2.46. The summed E-state index contributed by atoms with van der Waals surface area (Å²) in [5, 5.41) is 6.05. The molecule has 5 nitrogen and oxygen atoms in total. The molecule has 0 spiro atoms. The number of nitrogens with one attached hydrogen (secondary N) is 2. The van der Waals surface area contributed by atoms with Gasteiger partial charge < -0.3 is 15.4 Å². The van der Waals surface area contributed by atoms with E-state index >= 15 is 0 Å². The number of hydrogen-bond acceptors (Lipinski definition) is 3. The number of methoxy groups -OCH3 is 1. The summed E-state index contributed by atoms with van der Waals surface area (Å²) in [6.07, 6.45) is 8.36. The highest BCUT2D eigenvalue weighted by molar-refractivity contribution is 5.91. The van der Waals surface area contributed by atoms with Crippen molar-refractivity contribution in [1.82, 2.24) is 5.32 Å². The molecule has 5 heteroatoms. The van der Waals surface area contributed by atoms with Crippen LogP contribution in [0.5, 0.6) is 0 Å². The Morgan fingerprint density at radius 1 is 1.07 bits per heavy atom. The second kappa shape index (κ2) is 11.1. The van der Waals surface area contributed by atoms with Crippen LogP contribution in [-0.2, 0) is 19.7 Å². The SMILES string of the molecule is CCCCC(=O)Nc1ccc(C2(C(=O)NCCCOC)CCCCC2)cc1. The zero-order valence-corrected chi connectivity index (χ0v) is 16.8. The van der Waals surface area contributed by atoms with Crippen LogP contribution in [-0.4, -0.2) is 32.1 Å². The third-order valence-corrected chi connectivity index (χ3v) is 5.43. The highest BCUT2D eigenvalue weighted by Gasteiger charge is 2.40. The first-order chi connectivity index (χ1) is 13.1. The van der Waals surface area contributed by atoms with Crippen molar-refractivity contribution in [2.45, 2.75) is 70.1 Å². The van der Waals surface area contributed by atoms with E-state index in [-0.39, 0.29) is 11.8 Å². The summed E-state index contributed by atoms with van der Waals surface area (Å²) < 4.78 is 5.06. The number of unbranched alkanes of at least 4 members (excludes halogenated alkanes) is 1. The fraction of sp³-hybridized carbons (Fsp3) is 0.636. The standard InChI is InChI=1S/C22H34N2O3/c1-3-4-9-20(25)24-19-12-10-18(11-13-19)22(14-6-5-7-15-22)21(26)23-16-8-17-27-2/h10-13H,3-9,14-17H2,1-2H3,(H,23,26)(H,24,25). The van der Waals surface area contributed by atoms with Crippen LogP contribution in [0, 0.1) is 0 Å². The minimum absolute atomic E-state index is 0.0489. The van der Waals surface area contributed by atoms with Crippen molar-refractivity contribution < 1.29 is 14.3 Å². The molecular formula is C22H34N2O3. The first-order valence-electron chi connectivity index (χ1n) is 10.3. The van der Waals surface area contributed by atoms with Crippen molar-refractivity contribution in [3.05, 3.63) is 29.8 Å². The molecule has 0 bridgehead atoms. The lowest BCUT2D eigenvalue weighted by molar-refractivity contribution is -0.128. The number of carbonyl (C=O) groups is 2. The van der Waals surface area contributed by atoms with Crippen LogP contribution in [0.3, 0.4) is 0 Å². The maximum absolute atomic E-state index is 13.0. The molecule has 27 heavy (non-hydrogen) atoms. The summed E-state index contributed by atoms with van der Waals surface area (Å²) in [5.41, 5.74) is 1.40. The molecule has 0 unspecified atom stereocenters. The highest BCUT2D eigenvalue weighted by Crippen LogP contribution is 2.40. The van der Waals surface area contributed by atoms with Gasteiger partial charge in [0.1, 0.15) is 0 Å². The van der Waals surface area contributed by atoms with Crippen LogP contribution < -0.4 is 10.6 Å². The molecule has 0 heterocycles. The summed E-state index contributed by atoms with van der Waals surface area (Å²) in [7, 11) is 1.67. The van der Waals surface area contributed by atoms with E-state index in [1.165, 1.54) is 6.42 Å². The van der Waals surface area contributed by atoms with Gasteiger partial charge in [0.05, 0.1) is 5.41 Å². The van der Waals surface area contributed by atoms with Crippen LogP contribution in [0.2, 0.25) is 0 Å². The Balaban J connectivity index is 2.07. The minimum atomic E-state index is -0.448. The minimum Gasteiger partial charge on any atom is -0.385 e. The first kappa shape index (κ1) is 21.4. The number of anilines is 1. The normalized spacial score (nSPS) is 15.9. The fourth-order valence-corrected chi connectivity index (χ4v) is 3.82. The molecule has 1 fully saturated rings.